The maximum atomic E-state index is 13.7. The maximum absolute atomic E-state index is 13.7. The van der Waals surface area contributed by atoms with Crippen LogP contribution < -0.4 is 5.32 Å². The smallest absolute Gasteiger partial charge is 0.138 e. The van der Waals surface area contributed by atoms with E-state index in [2.05, 4.69) is 5.32 Å². The van der Waals surface area contributed by atoms with Crippen LogP contribution in [0, 0.1) is 5.82 Å². The molecular weight excluding hydrogens is 289 g/mol. The molecule has 0 amide bonds. The summed E-state index contributed by atoms with van der Waals surface area (Å²) >= 11 is 5.97. The SMILES string of the molecule is O=C(Cc1c(F)cccc1Cl)CC1CNc2ccccc21. The highest BCUT2D eigenvalue weighted by Crippen LogP contribution is 2.33. The number of para-hydroxylation sites is 1. The molecule has 0 fully saturated rings. The van der Waals surface area contributed by atoms with Crippen LogP contribution in [0.2, 0.25) is 5.02 Å². The number of benzene rings is 2. The molecule has 1 N–H and O–H groups in total. The number of carbonyl (C=O) groups is 1. The topological polar surface area (TPSA) is 29.1 Å². The van der Waals surface area contributed by atoms with Crippen LogP contribution >= 0.6 is 11.6 Å². The zero-order chi connectivity index (χ0) is 14.8. The van der Waals surface area contributed by atoms with E-state index in [1.54, 1.807) is 12.1 Å². The molecule has 0 bridgehead atoms. The Morgan fingerprint density at radius 1 is 1.24 bits per heavy atom. The molecule has 0 spiro atoms. The van der Waals surface area contributed by atoms with E-state index in [9.17, 15) is 9.18 Å². The van der Waals surface area contributed by atoms with E-state index in [-0.39, 0.29) is 18.1 Å². The van der Waals surface area contributed by atoms with Crippen molar-refractivity contribution in [1.29, 1.82) is 0 Å². The molecule has 2 aromatic rings. The van der Waals surface area contributed by atoms with Gasteiger partial charge in [0.2, 0.25) is 0 Å². The summed E-state index contributed by atoms with van der Waals surface area (Å²) in [6.07, 6.45) is 0.443. The molecule has 2 nitrogen and oxygen atoms in total. The molecule has 1 unspecified atom stereocenters. The zero-order valence-corrected chi connectivity index (χ0v) is 12.2. The second-order valence-corrected chi connectivity index (χ2v) is 5.69. The van der Waals surface area contributed by atoms with Crippen molar-refractivity contribution in [2.75, 3.05) is 11.9 Å². The van der Waals surface area contributed by atoms with Crippen molar-refractivity contribution in [3.05, 3.63) is 64.4 Å². The molecule has 0 aromatic heterocycles. The molecule has 0 aliphatic carbocycles. The number of halogens is 2. The van der Waals surface area contributed by atoms with Crippen molar-refractivity contribution in [1.82, 2.24) is 0 Å². The van der Waals surface area contributed by atoms with Gasteiger partial charge in [0, 0.05) is 41.6 Å². The van der Waals surface area contributed by atoms with Gasteiger partial charge in [-0.15, -0.1) is 0 Å². The van der Waals surface area contributed by atoms with E-state index in [0.29, 0.717) is 17.0 Å². The Morgan fingerprint density at radius 2 is 2.05 bits per heavy atom. The molecule has 21 heavy (non-hydrogen) atoms. The quantitative estimate of drug-likeness (QED) is 0.917. The van der Waals surface area contributed by atoms with Crippen LogP contribution in [0.5, 0.6) is 0 Å². The maximum Gasteiger partial charge on any atom is 0.138 e. The highest BCUT2D eigenvalue weighted by molar-refractivity contribution is 6.31. The van der Waals surface area contributed by atoms with Crippen molar-refractivity contribution in [3.8, 4) is 0 Å². The predicted molar refractivity (Wildman–Crippen MR) is 82.4 cm³/mol. The van der Waals surface area contributed by atoms with Crippen LogP contribution in [0.1, 0.15) is 23.5 Å². The number of anilines is 1. The van der Waals surface area contributed by atoms with E-state index < -0.39 is 5.82 Å². The molecule has 1 atom stereocenters. The Kier molecular flexibility index (Phi) is 3.93. The third-order valence-electron chi connectivity index (χ3n) is 3.85. The second kappa shape index (κ2) is 5.86. The van der Waals surface area contributed by atoms with Gasteiger partial charge < -0.3 is 5.32 Å². The van der Waals surface area contributed by atoms with E-state index in [0.717, 1.165) is 17.8 Å². The molecule has 4 heteroatoms. The summed E-state index contributed by atoms with van der Waals surface area (Å²) < 4.78 is 13.7. The van der Waals surface area contributed by atoms with Crippen LogP contribution in [-0.4, -0.2) is 12.3 Å². The Bertz CT molecular complexity index is 666. The fourth-order valence-corrected chi connectivity index (χ4v) is 3.01. The third-order valence-corrected chi connectivity index (χ3v) is 4.20. The first kappa shape index (κ1) is 14.1. The third kappa shape index (κ3) is 2.93. The van der Waals surface area contributed by atoms with Gasteiger partial charge in [0.25, 0.3) is 0 Å². The Labute approximate surface area is 127 Å². The minimum Gasteiger partial charge on any atom is -0.384 e. The van der Waals surface area contributed by atoms with Gasteiger partial charge in [0.1, 0.15) is 11.6 Å². The molecule has 0 radical (unpaired) electrons. The summed E-state index contributed by atoms with van der Waals surface area (Å²) in [5.74, 6) is -0.259. The summed E-state index contributed by atoms with van der Waals surface area (Å²) in [4.78, 5) is 12.2. The van der Waals surface area contributed by atoms with Crippen molar-refractivity contribution in [2.45, 2.75) is 18.8 Å². The molecule has 1 aliphatic heterocycles. The molecule has 1 aliphatic rings. The number of hydrogen-bond acceptors (Lipinski definition) is 2. The molecular formula is C17H15ClFNO. The number of carbonyl (C=O) groups excluding carboxylic acids is 1. The van der Waals surface area contributed by atoms with Crippen LogP contribution in [-0.2, 0) is 11.2 Å². The number of nitrogens with one attached hydrogen (secondary N) is 1. The molecule has 3 rings (SSSR count). The number of hydrogen-bond donors (Lipinski definition) is 1. The summed E-state index contributed by atoms with van der Waals surface area (Å²) in [7, 11) is 0. The lowest BCUT2D eigenvalue weighted by Gasteiger charge is -2.10. The Morgan fingerprint density at radius 3 is 2.86 bits per heavy atom. The van der Waals surface area contributed by atoms with Gasteiger partial charge >= 0.3 is 0 Å². The standard InChI is InChI=1S/C17H15ClFNO/c18-15-5-3-6-16(19)14(15)9-12(21)8-11-10-20-17-7-2-1-4-13(11)17/h1-7,11,20H,8-10H2. The average Bonchev–Trinajstić information content (AvgIpc) is 2.87. The van der Waals surface area contributed by atoms with Gasteiger partial charge in [-0.3, -0.25) is 4.79 Å². The summed E-state index contributed by atoms with van der Waals surface area (Å²) in [6.45, 7) is 0.746. The van der Waals surface area contributed by atoms with Crippen LogP contribution in [0.15, 0.2) is 42.5 Å². The van der Waals surface area contributed by atoms with Crippen molar-refractivity contribution in [2.24, 2.45) is 0 Å². The largest absolute Gasteiger partial charge is 0.384 e. The molecule has 0 saturated carbocycles. The van der Waals surface area contributed by atoms with E-state index >= 15 is 0 Å². The monoisotopic (exact) mass is 303 g/mol. The highest BCUT2D eigenvalue weighted by Gasteiger charge is 2.24. The van der Waals surface area contributed by atoms with Crippen LogP contribution in [0.25, 0.3) is 0 Å². The second-order valence-electron chi connectivity index (χ2n) is 5.28. The van der Waals surface area contributed by atoms with Gasteiger partial charge in [-0.05, 0) is 23.8 Å². The normalized spacial score (nSPS) is 16.4. The van der Waals surface area contributed by atoms with E-state index in [1.807, 2.05) is 24.3 Å². The number of rotatable bonds is 4. The summed E-state index contributed by atoms with van der Waals surface area (Å²) in [5.41, 5.74) is 2.54. The fourth-order valence-electron chi connectivity index (χ4n) is 2.78. The van der Waals surface area contributed by atoms with Gasteiger partial charge in [-0.25, -0.2) is 4.39 Å². The van der Waals surface area contributed by atoms with Gasteiger partial charge in [-0.2, -0.15) is 0 Å². The van der Waals surface area contributed by atoms with E-state index in [1.165, 1.54) is 6.07 Å². The van der Waals surface area contributed by atoms with Crippen molar-refractivity contribution < 1.29 is 9.18 Å². The van der Waals surface area contributed by atoms with Gasteiger partial charge in [0.05, 0.1) is 0 Å². The van der Waals surface area contributed by atoms with Crippen LogP contribution in [0.3, 0.4) is 0 Å². The molecule has 0 saturated heterocycles. The van der Waals surface area contributed by atoms with Gasteiger partial charge in [0.15, 0.2) is 0 Å². The minimum atomic E-state index is -0.416. The number of ketones is 1. The van der Waals surface area contributed by atoms with Crippen molar-refractivity contribution >= 4 is 23.1 Å². The van der Waals surface area contributed by atoms with Crippen molar-refractivity contribution in [3.63, 3.8) is 0 Å². The van der Waals surface area contributed by atoms with E-state index in [4.69, 9.17) is 11.6 Å². The number of Topliss-reactive ketones (excluding diaryl/α,β-unsaturated/α-hetero) is 1. The molecule has 108 valence electrons. The average molecular weight is 304 g/mol. The number of fused-ring (bicyclic) bond motifs is 1. The first-order valence-electron chi connectivity index (χ1n) is 6.92. The zero-order valence-electron chi connectivity index (χ0n) is 11.4. The first-order chi connectivity index (χ1) is 10.1. The lowest BCUT2D eigenvalue weighted by molar-refractivity contribution is -0.118. The summed E-state index contributed by atoms with van der Waals surface area (Å²) in [6, 6.07) is 12.5. The Balaban J connectivity index is 1.71. The first-order valence-corrected chi connectivity index (χ1v) is 7.30. The van der Waals surface area contributed by atoms with Crippen LogP contribution in [0.4, 0.5) is 10.1 Å². The predicted octanol–water partition coefficient (Wildman–Crippen LogP) is 4.19. The lowest BCUT2D eigenvalue weighted by atomic mass is 9.93. The minimum absolute atomic E-state index is 0.00510. The van der Waals surface area contributed by atoms with Gasteiger partial charge in [-0.1, -0.05) is 35.9 Å². The Hall–Kier alpha value is -1.87. The highest BCUT2D eigenvalue weighted by atomic mass is 35.5. The lowest BCUT2D eigenvalue weighted by Crippen LogP contribution is -2.12. The molecule has 1 heterocycles. The summed E-state index contributed by atoms with van der Waals surface area (Å²) in [5, 5.41) is 3.60. The molecule has 2 aromatic carbocycles. The fraction of sp³-hybridized carbons (Fsp3) is 0.235.